The maximum atomic E-state index is 5.69. The van der Waals surface area contributed by atoms with E-state index in [0.717, 1.165) is 19.3 Å². The third-order valence-corrected chi connectivity index (χ3v) is 2.27. The predicted octanol–water partition coefficient (Wildman–Crippen LogP) is 2.69. The zero-order chi connectivity index (χ0) is 10.6. The third-order valence-electron chi connectivity index (χ3n) is 1.76. The molecule has 0 bridgehead atoms. The molecule has 1 rings (SSSR count). The van der Waals surface area contributed by atoms with Gasteiger partial charge < -0.3 is 0 Å². The molecule has 0 N–H and O–H groups in total. The van der Waals surface area contributed by atoms with Crippen LogP contribution in [0.25, 0.3) is 0 Å². The smallest absolute Gasteiger partial charge is 0.226 e. The van der Waals surface area contributed by atoms with Crippen molar-refractivity contribution in [3.8, 4) is 0 Å². The second kappa shape index (κ2) is 5.14. The van der Waals surface area contributed by atoms with E-state index >= 15 is 0 Å². The van der Waals surface area contributed by atoms with E-state index in [4.69, 9.17) is 34.8 Å². The Morgan fingerprint density at radius 3 is 2.57 bits per heavy atom. The molecule has 1 aromatic heterocycles. The van der Waals surface area contributed by atoms with Crippen molar-refractivity contribution < 1.29 is 0 Å². The van der Waals surface area contributed by atoms with E-state index in [-0.39, 0.29) is 5.82 Å². The van der Waals surface area contributed by atoms with Crippen molar-refractivity contribution in [2.75, 3.05) is 0 Å². The van der Waals surface area contributed by atoms with Crippen molar-refractivity contribution in [2.45, 2.75) is 36.5 Å². The maximum Gasteiger partial charge on any atom is 0.251 e. The van der Waals surface area contributed by atoms with Crippen molar-refractivity contribution >= 4 is 34.8 Å². The lowest BCUT2D eigenvalue weighted by atomic mass is 10.2. The zero-order valence-electron chi connectivity index (χ0n) is 7.75. The highest BCUT2D eigenvalue weighted by Gasteiger charge is 2.30. The lowest BCUT2D eigenvalue weighted by molar-refractivity contribution is 0.522. The molecule has 0 spiro atoms. The molecule has 0 amide bonds. The molecule has 7 heteroatoms. The number of unbranched alkanes of at least 4 members (excludes halogenated alkanes) is 2. The second-order valence-electron chi connectivity index (χ2n) is 2.93. The minimum atomic E-state index is -1.55. The first-order valence-corrected chi connectivity index (χ1v) is 5.52. The minimum absolute atomic E-state index is 0.276. The van der Waals surface area contributed by atoms with Gasteiger partial charge in [0, 0.05) is 6.54 Å². The van der Waals surface area contributed by atoms with E-state index in [9.17, 15) is 0 Å². The van der Waals surface area contributed by atoms with Crippen molar-refractivity contribution in [1.82, 2.24) is 20.2 Å². The molecule has 0 radical (unpaired) electrons. The van der Waals surface area contributed by atoms with Gasteiger partial charge in [-0.3, -0.25) is 0 Å². The molecule has 0 saturated carbocycles. The van der Waals surface area contributed by atoms with E-state index in [1.807, 2.05) is 0 Å². The highest BCUT2D eigenvalue weighted by molar-refractivity contribution is 6.66. The van der Waals surface area contributed by atoms with E-state index < -0.39 is 3.79 Å². The van der Waals surface area contributed by atoms with Crippen LogP contribution in [0.2, 0.25) is 0 Å². The first-order chi connectivity index (χ1) is 6.55. The molecule has 0 atom stereocenters. The van der Waals surface area contributed by atoms with Crippen molar-refractivity contribution in [1.29, 1.82) is 0 Å². The standard InChI is InChI=1S/C7H11Cl3N4/c1-2-3-4-5-14-6(7(8,9)10)11-12-13-14/h2-5H2,1H3. The number of halogens is 3. The molecule has 1 heterocycles. The molecule has 0 aromatic carbocycles. The molecule has 0 aliphatic carbocycles. The number of aromatic nitrogens is 4. The van der Waals surface area contributed by atoms with Gasteiger partial charge in [0.15, 0.2) is 0 Å². The number of aryl methyl sites for hydroxylation is 1. The monoisotopic (exact) mass is 256 g/mol. The summed E-state index contributed by atoms with van der Waals surface area (Å²) in [5.41, 5.74) is 0. The summed E-state index contributed by atoms with van der Waals surface area (Å²) < 4.78 is -0.0155. The molecule has 0 saturated heterocycles. The fraction of sp³-hybridized carbons (Fsp3) is 0.857. The molecule has 4 nitrogen and oxygen atoms in total. The normalized spacial score (nSPS) is 12.0. The summed E-state index contributed by atoms with van der Waals surface area (Å²) in [6.07, 6.45) is 3.22. The van der Waals surface area contributed by atoms with Gasteiger partial charge in [-0.1, -0.05) is 54.6 Å². The van der Waals surface area contributed by atoms with Crippen LogP contribution in [0, 0.1) is 0 Å². The van der Waals surface area contributed by atoms with Gasteiger partial charge in [-0.25, -0.2) is 4.68 Å². The van der Waals surface area contributed by atoms with Gasteiger partial charge in [-0.05, 0) is 16.8 Å². The number of tetrazole rings is 1. The lowest BCUT2D eigenvalue weighted by Crippen LogP contribution is -2.13. The Hall–Kier alpha value is -0.0600. The van der Waals surface area contributed by atoms with Crippen LogP contribution < -0.4 is 0 Å². The van der Waals surface area contributed by atoms with Gasteiger partial charge in [0.2, 0.25) is 5.82 Å². The molecule has 0 aliphatic rings. The zero-order valence-corrected chi connectivity index (χ0v) is 10.0. The molecular weight excluding hydrogens is 246 g/mol. The van der Waals surface area contributed by atoms with Gasteiger partial charge in [0.1, 0.15) is 0 Å². The second-order valence-corrected chi connectivity index (χ2v) is 5.21. The molecule has 0 fully saturated rings. The fourth-order valence-corrected chi connectivity index (χ4v) is 1.48. The summed E-state index contributed by atoms with van der Waals surface area (Å²) in [6.45, 7) is 2.81. The first kappa shape index (κ1) is 12.0. The molecule has 0 unspecified atom stereocenters. The first-order valence-electron chi connectivity index (χ1n) is 4.39. The van der Waals surface area contributed by atoms with E-state index in [1.165, 1.54) is 4.68 Å². The number of rotatable bonds is 4. The summed E-state index contributed by atoms with van der Waals surface area (Å²) >= 11 is 17.1. The SMILES string of the molecule is CCCCCn1nnnc1C(Cl)(Cl)Cl. The highest BCUT2D eigenvalue weighted by Crippen LogP contribution is 2.36. The number of alkyl halides is 3. The van der Waals surface area contributed by atoms with Gasteiger partial charge in [0.25, 0.3) is 3.79 Å². The lowest BCUT2D eigenvalue weighted by Gasteiger charge is -2.09. The van der Waals surface area contributed by atoms with E-state index in [2.05, 4.69) is 22.4 Å². The fourth-order valence-electron chi connectivity index (χ4n) is 1.07. The van der Waals surface area contributed by atoms with Gasteiger partial charge in [0.05, 0.1) is 0 Å². The predicted molar refractivity (Wildman–Crippen MR) is 56.6 cm³/mol. The maximum absolute atomic E-state index is 5.69. The topological polar surface area (TPSA) is 43.6 Å². The Bertz CT molecular complexity index is 281. The van der Waals surface area contributed by atoms with Crippen molar-refractivity contribution in [3.05, 3.63) is 5.82 Å². The van der Waals surface area contributed by atoms with Crippen LogP contribution in [0.5, 0.6) is 0 Å². The minimum Gasteiger partial charge on any atom is -0.226 e. The summed E-state index contributed by atoms with van der Waals surface area (Å²) in [5.74, 6) is 0.276. The van der Waals surface area contributed by atoms with Crippen molar-refractivity contribution in [3.63, 3.8) is 0 Å². The Balaban J connectivity index is 2.63. The van der Waals surface area contributed by atoms with Crippen LogP contribution in [0.1, 0.15) is 32.0 Å². The molecule has 14 heavy (non-hydrogen) atoms. The Morgan fingerprint density at radius 1 is 1.29 bits per heavy atom. The van der Waals surface area contributed by atoms with Crippen LogP contribution in [0.4, 0.5) is 0 Å². The summed E-state index contributed by atoms with van der Waals surface area (Å²) in [5, 5.41) is 10.9. The van der Waals surface area contributed by atoms with Crippen LogP contribution in [-0.4, -0.2) is 20.2 Å². The quantitative estimate of drug-likeness (QED) is 0.615. The van der Waals surface area contributed by atoms with Crippen LogP contribution in [0.3, 0.4) is 0 Å². The molecule has 80 valence electrons. The number of hydrogen-bond donors (Lipinski definition) is 0. The highest BCUT2D eigenvalue weighted by atomic mass is 35.6. The molecule has 0 aliphatic heterocycles. The van der Waals surface area contributed by atoms with Crippen LogP contribution in [0.15, 0.2) is 0 Å². The Morgan fingerprint density at radius 2 is 2.00 bits per heavy atom. The van der Waals surface area contributed by atoms with Crippen LogP contribution >= 0.6 is 34.8 Å². The van der Waals surface area contributed by atoms with Crippen LogP contribution in [-0.2, 0) is 10.3 Å². The summed E-state index contributed by atoms with van der Waals surface area (Å²) in [4.78, 5) is 0. The largest absolute Gasteiger partial charge is 0.251 e. The van der Waals surface area contributed by atoms with E-state index in [1.54, 1.807) is 0 Å². The van der Waals surface area contributed by atoms with Crippen molar-refractivity contribution in [2.24, 2.45) is 0 Å². The third kappa shape index (κ3) is 3.26. The number of hydrogen-bond acceptors (Lipinski definition) is 3. The summed E-state index contributed by atoms with van der Waals surface area (Å²) in [6, 6.07) is 0. The molecular formula is C7H11Cl3N4. The average Bonchev–Trinajstić information content (AvgIpc) is 2.52. The molecule has 1 aromatic rings. The van der Waals surface area contributed by atoms with Gasteiger partial charge >= 0.3 is 0 Å². The van der Waals surface area contributed by atoms with E-state index in [0.29, 0.717) is 6.54 Å². The summed E-state index contributed by atoms with van der Waals surface area (Å²) in [7, 11) is 0. The number of nitrogens with zero attached hydrogens (tertiary/aromatic N) is 4. The van der Waals surface area contributed by atoms with Gasteiger partial charge in [-0.15, -0.1) is 5.10 Å². The Kier molecular flexibility index (Phi) is 4.41. The Labute approximate surface area is 97.5 Å². The average molecular weight is 258 g/mol. The van der Waals surface area contributed by atoms with Gasteiger partial charge in [-0.2, -0.15) is 0 Å².